The quantitative estimate of drug-likeness (QED) is 0.381. The first-order valence-corrected chi connectivity index (χ1v) is 6.61. The molecule has 0 aliphatic carbocycles. The summed E-state index contributed by atoms with van der Waals surface area (Å²) in [6.07, 6.45) is 0.642. The van der Waals surface area contributed by atoms with E-state index in [-0.39, 0.29) is 11.7 Å². The van der Waals surface area contributed by atoms with Gasteiger partial charge in [0.2, 0.25) is 5.91 Å². The molecule has 1 aromatic carbocycles. The van der Waals surface area contributed by atoms with E-state index < -0.39 is 11.2 Å². The van der Waals surface area contributed by atoms with E-state index in [1.54, 1.807) is 13.1 Å². The van der Waals surface area contributed by atoms with Gasteiger partial charge in [-0.3, -0.25) is 4.79 Å². The molecular weight excluding hydrogens is 277 g/mol. The average Bonchev–Trinajstić information content (AvgIpc) is 2.53. The SMILES string of the molecule is CN(C(=O)C1(C(N)=NO)CCOCC1)c1cccc(F)c1. The molecule has 1 fully saturated rings. The second-order valence-corrected chi connectivity index (χ2v) is 5.02. The molecule has 1 saturated heterocycles. The molecule has 0 unspecified atom stereocenters. The molecule has 1 heterocycles. The van der Waals surface area contributed by atoms with E-state index >= 15 is 0 Å². The van der Waals surface area contributed by atoms with Gasteiger partial charge in [-0.05, 0) is 31.0 Å². The highest BCUT2D eigenvalue weighted by Crippen LogP contribution is 2.34. The lowest BCUT2D eigenvalue weighted by molar-refractivity contribution is -0.128. The van der Waals surface area contributed by atoms with E-state index in [0.717, 1.165) is 0 Å². The summed E-state index contributed by atoms with van der Waals surface area (Å²) < 4.78 is 18.6. The molecule has 114 valence electrons. The lowest BCUT2D eigenvalue weighted by atomic mass is 9.77. The van der Waals surface area contributed by atoms with Gasteiger partial charge in [-0.1, -0.05) is 11.2 Å². The van der Waals surface area contributed by atoms with Crippen LogP contribution >= 0.6 is 0 Å². The number of amidine groups is 1. The number of carbonyl (C=O) groups excluding carboxylic acids is 1. The average molecular weight is 295 g/mol. The molecule has 0 spiro atoms. The van der Waals surface area contributed by atoms with E-state index in [4.69, 9.17) is 15.7 Å². The number of nitrogens with zero attached hydrogens (tertiary/aromatic N) is 2. The number of ether oxygens (including phenoxy) is 1. The van der Waals surface area contributed by atoms with E-state index in [1.165, 1.54) is 23.1 Å². The molecule has 1 aliphatic heterocycles. The Hall–Kier alpha value is -2.15. The number of carbonyl (C=O) groups is 1. The minimum Gasteiger partial charge on any atom is -0.409 e. The number of oxime groups is 1. The van der Waals surface area contributed by atoms with Crippen LogP contribution in [0.5, 0.6) is 0 Å². The van der Waals surface area contributed by atoms with Crippen LogP contribution in [-0.2, 0) is 9.53 Å². The predicted molar refractivity (Wildman–Crippen MR) is 75.7 cm³/mol. The zero-order valence-corrected chi connectivity index (χ0v) is 11.8. The summed E-state index contributed by atoms with van der Waals surface area (Å²) in [4.78, 5) is 14.1. The highest BCUT2D eigenvalue weighted by atomic mass is 19.1. The second-order valence-electron chi connectivity index (χ2n) is 5.02. The standard InChI is InChI=1S/C14H18FN3O3/c1-18(11-4-2-3-10(15)9-11)13(19)14(12(16)17-20)5-7-21-8-6-14/h2-4,9,20H,5-8H2,1H3,(H2,16,17). The Morgan fingerprint density at radius 2 is 2.14 bits per heavy atom. The van der Waals surface area contributed by atoms with Gasteiger partial charge in [-0.2, -0.15) is 0 Å². The summed E-state index contributed by atoms with van der Waals surface area (Å²) in [5.74, 6) is -0.914. The minimum absolute atomic E-state index is 0.140. The van der Waals surface area contributed by atoms with Crippen LogP contribution in [0.1, 0.15) is 12.8 Å². The van der Waals surface area contributed by atoms with Crippen molar-refractivity contribution in [1.82, 2.24) is 0 Å². The number of hydrogen-bond donors (Lipinski definition) is 2. The maximum atomic E-state index is 13.3. The van der Waals surface area contributed by atoms with E-state index in [2.05, 4.69) is 5.16 Å². The molecular formula is C14H18FN3O3. The molecule has 1 aliphatic rings. The number of halogens is 1. The number of hydrogen-bond acceptors (Lipinski definition) is 4. The van der Waals surface area contributed by atoms with E-state index in [0.29, 0.717) is 31.7 Å². The molecule has 3 N–H and O–H groups in total. The van der Waals surface area contributed by atoms with Gasteiger partial charge in [-0.15, -0.1) is 0 Å². The third-order valence-corrected chi connectivity index (χ3v) is 3.85. The molecule has 1 amide bonds. The molecule has 0 aromatic heterocycles. The normalized spacial score (nSPS) is 18.3. The first-order valence-electron chi connectivity index (χ1n) is 6.61. The Morgan fingerprint density at radius 1 is 1.48 bits per heavy atom. The third-order valence-electron chi connectivity index (χ3n) is 3.85. The molecule has 7 heteroatoms. The first kappa shape index (κ1) is 15.2. The Balaban J connectivity index is 2.34. The van der Waals surface area contributed by atoms with Crippen LogP contribution < -0.4 is 10.6 Å². The van der Waals surface area contributed by atoms with Crippen molar-refractivity contribution >= 4 is 17.4 Å². The van der Waals surface area contributed by atoms with Gasteiger partial charge in [0.05, 0.1) is 0 Å². The fraction of sp³-hybridized carbons (Fsp3) is 0.429. The smallest absolute Gasteiger partial charge is 0.240 e. The van der Waals surface area contributed by atoms with Gasteiger partial charge in [-0.25, -0.2) is 4.39 Å². The van der Waals surface area contributed by atoms with Gasteiger partial charge in [0.1, 0.15) is 11.2 Å². The summed E-state index contributed by atoms with van der Waals surface area (Å²) in [6, 6.07) is 5.71. The monoisotopic (exact) mass is 295 g/mol. The van der Waals surface area contributed by atoms with Gasteiger partial charge < -0.3 is 20.6 Å². The molecule has 1 aromatic rings. The van der Waals surface area contributed by atoms with E-state index in [9.17, 15) is 9.18 Å². The zero-order chi connectivity index (χ0) is 15.5. The topological polar surface area (TPSA) is 88.2 Å². The number of anilines is 1. The fourth-order valence-electron chi connectivity index (χ4n) is 2.52. The van der Waals surface area contributed by atoms with Gasteiger partial charge in [0.25, 0.3) is 0 Å². The van der Waals surface area contributed by atoms with Crippen molar-refractivity contribution in [1.29, 1.82) is 0 Å². The Kier molecular flexibility index (Phi) is 4.42. The van der Waals surface area contributed by atoms with Crippen molar-refractivity contribution in [3.8, 4) is 0 Å². The zero-order valence-electron chi connectivity index (χ0n) is 11.8. The Morgan fingerprint density at radius 3 is 2.71 bits per heavy atom. The molecule has 2 rings (SSSR count). The van der Waals surface area contributed by atoms with Crippen molar-refractivity contribution in [2.75, 3.05) is 25.2 Å². The minimum atomic E-state index is -1.12. The highest BCUT2D eigenvalue weighted by molar-refractivity contribution is 6.12. The number of amides is 1. The number of nitrogens with two attached hydrogens (primary N) is 1. The largest absolute Gasteiger partial charge is 0.409 e. The first-order chi connectivity index (χ1) is 10.0. The van der Waals surface area contributed by atoms with Gasteiger partial charge in [0.15, 0.2) is 5.84 Å². The third kappa shape index (κ3) is 2.82. The summed E-state index contributed by atoms with van der Waals surface area (Å²) in [7, 11) is 1.54. The summed E-state index contributed by atoms with van der Waals surface area (Å²) >= 11 is 0. The summed E-state index contributed by atoms with van der Waals surface area (Å²) in [5, 5.41) is 12.0. The van der Waals surface area contributed by atoms with Crippen LogP contribution in [0.4, 0.5) is 10.1 Å². The fourth-order valence-corrected chi connectivity index (χ4v) is 2.52. The molecule has 0 saturated carbocycles. The maximum Gasteiger partial charge on any atom is 0.240 e. The van der Waals surface area contributed by atoms with Crippen LogP contribution in [0, 0.1) is 11.2 Å². The molecule has 6 nitrogen and oxygen atoms in total. The van der Waals surface area contributed by atoms with Crippen LogP contribution in [0.15, 0.2) is 29.4 Å². The maximum absolute atomic E-state index is 13.3. The molecule has 0 radical (unpaired) electrons. The van der Waals surface area contributed by atoms with Gasteiger partial charge >= 0.3 is 0 Å². The van der Waals surface area contributed by atoms with Crippen LogP contribution in [0.3, 0.4) is 0 Å². The Bertz CT molecular complexity index is 556. The van der Waals surface area contributed by atoms with Crippen molar-refractivity contribution in [2.24, 2.45) is 16.3 Å². The van der Waals surface area contributed by atoms with Crippen molar-refractivity contribution in [3.05, 3.63) is 30.1 Å². The van der Waals surface area contributed by atoms with Crippen LogP contribution in [0.2, 0.25) is 0 Å². The van der Waals surface area contributed by atoms with Crippen molar-refractivity contribution in [2.45, 2.75) is 12.8 Å². The number of benzene rings is 1. The summed E-state index contributed by atoms with van der Waals surface area (Å²) in [6.45, 7) is 0.692. The lowest BCUT2D eigenvalue weighted by Crippen LogP contribution is -2.53. The van der Waals surface area contributed by atoms with Crippen molar-refractivity contribution in [3.63, 3.8) is 0 Å². The Labute approximate surface area is 122 Å². The predicted octanol–water partition coefficient (Wildman–Crippen LogP) is 1.33. The second kappa shape index (κ2) is 6.09. The van der Waals surface area contributed by atoms with Gasteiger partial charge in [0, 0.05) is 25.9 Å². The van der Waals surface area contributed by atoms with Crippen molar-refractivity contribution < 1.29 is 19.1 Å². The molecule has 0 bridgehead atoms. The summed E-state index contributed by atoms with van der Waals surface area (Å²) in [5.41, 5.74) is 5.05. The van der Waals surface area contributed by atoms with Crippen LogP contribution in [-0.4, -0.2) is 37.2 Å². The van der Waals surface area contributed by atoms with Crippen LogP contribution in [0.25, 0.3) is 0 Å². The molecule has 0 atom stereocenters. The number of rotatable bonds is 3. The highest BCUT2D eigenvalue weighted by Gasteiger charge is 2.46. The molecule has 21 heavy (non-hydrogen) atoms. The lowest BCUT2D eigenvalue weighted by Gasteiger charge is -2.37. The van der Waals surface area contributed by atoms with E-state index in [1.807, 2.05) is 0 Å².